The van der Waals surface area contributed by atoms with E-state index in [1.165, 1.54) is 0 Å². The van der Waals surface area contributed by atoms with Crippen LogP contribution in [-0.4, -0.2) is 37.2 Å². The lowest BCUT2D eigenvalue weighted by atomic mass is 9.82. The summed E-state index contributed by atoms with van der Waals surface area (Å²) < 4.78 is 1.74. The van der Waals surface area contributed by atoms with Gasteiger partial charge in [-0.1, -0.05) is 25.4 Å². The molecule has 2 heterocycles. The Morgan fingerprint density at radius 3 is 2.64 bits per heavy atom. The number of hydrogen-bond acceptors (Lipinski definition) is 6. The van der Waals surface area contributed by atoms with Crippen LogP contribution in [0.25, 0.3) is 5.65 Å². The molecule has 8 heteroatoms. The van der Waals surface area contributed by atoms with Crippen LogP contribution >= 0.6 is 23.4 Å². The van der Waals surface area contributed by atoms with Gasteiger partial charge in [0.05, 0.1) is 10.8 Å². The molecule has 1 fully saturated rings. The van der Waals surface area contributed by atoms with Crippen LogP contribution in [0.2, 0.25) is 5.02 Å². The minimum atomic E-state index is -1.23. The number of thioether (sulfide) groups is 1. The number of Topliss-reactive ketones (excluding diaryl/α,β-unsaturated/α-hetero) is 3. The van der Waals surface area contributed by atoms with Gasteiger partial charge >= 0.3 is 0 Å². The Hall–Kier alpha value is -1.73. The number of hydrogen-bond donors (Lipinski definition) is 0. The van der Waals surface area contributed by atoms with Gasteiger partial charge in [0.15, 0.2) is 23.0 Å². The molecule has 0 bridgehead atoms. The van der Waals surface area contributed by atoms with Gasteiger partial charge in [-0.15, -0.1) is 10.2 Å². The van der Waals surface area contributed by atoms with Gasteiger partial charge in [-0.05, 0) is 17.7 Å². The molecule has 1 aliphatic carbocycles. The van der Waals surface area contributed by atoms with E-state index in [-0.39, 0.29) is 35.0 Å². The lowest BCUT2D eigenvalue weighted by molar-refractivity contribution is -0.133. The summed E-state index contributed by atoms with van der Waals surface area (Å²) in [7, 11) is 0. The molecule has 0 saturated heterocycles. The summed E-state index contributed by atoms with van der Waals surface area (Å²) in [6, 6.07) is 1.54. The number of fused-ring (bicyclic) bond motifs is 1. The molecule has 0 aromatic carbocycles. The first-order chi connectivity index (χ1) is 11.9. The molecule has 0 spiro atoms. The first-order valence-electron chi connectivity index (χ1n) is 8.13. The summed E-state index contributed by atoms with van der Waals surface area (Å²) in [4.78, 5) is 36.8. The number of carbonyl (C=O) groups excluding carboxylic acids is 3. The average molecular weight is 380 g/mol. The Balaban J connectivity index is 1.95. The molecule has 1 aliphatic rings. The topological polar surface area (TPSA) is 81.4 Å². The minimum Gasteiger partial charge on any atom is -0.298 e. The van der Waals surface area contributed by atoms with Gasteiger partial charge in [0.1, 0.15) is 11.7 Å². The van der Waals surface area contributed by atoms with Gasteiger partial charge in [0, 0.05) is 24.6 Å². The molecule has 0 amide bonds. The molecular formula is C17H18ClN3O3S. The second-order valence-electron chi connectivity index (χ2n) is 6.30. The van der Waals surface area contributed by atoms with Crippen LogP contribution in [0.5, 0.6) is 0 Å². The number of carbonyl (C=O) groups is 3. The van der Waals surface area contributed by atoms with E-state index in [9.17, 15) is 14.4 Å². The Morgan fingerprint density at radius 1 is 1.32 bits per heavy atom. The zero-order chi connectivity index (χ0) is 18.1. The molecule has 0 atom stereocenters. The summed E-state index contributed by atoms with van der Waals surface area (Å²) >= 11 is 8.07. The van der Waals surface area contributed by atoms with Crippen LogP contribution in [0.15, 0.2) is 12.3 Å². The minimum absolute atomic E-state index is 0.131. The molecule has 25 heavy (non-hydrogen) atoms. The maximum atomic E-state index is 12.7. The Morgan fingerprint density at radius 2 is 2.00 bits per heavy atom. The molecule has 1 saturated carbocycles. The lowest BCUT2D eigenvalue weighted by Gasteiger charge is -2.18. The van der Waals surface area contributed by atoms with Crippen molar-refractivity contribution in [1.82, 2.24) is 14.6 Å². The Kier molecular flexibility index (Phi) is 5.24. The largest absolute Gasteiger partial charge is 0.298 e. The first kappa shape index (κ1) is 18.1. The van der Waals surface area contributed by atoms with Crippen molar-refractivity contribution in [3.05, 3.63) is 28.7 Å². The fourth-order valence-electron chi connectivity index (χ4n) is 2.86. The maximum Gasteiger partial charge on any atom is 0.182 e. The van der Waals surface area contributed by atoms with Gasteiger partial charge in [0.25, 0.3) is 0 Å². The molecule has 132 valence electrons. The number of aromatic nitrogens is 3. The number of ketones is 3. The van der Waals surface area contributed by atoms with Crippen molar-refractivity contribution in [3.63, 3.8) is 0 Å². The standard InChI is InChI=1S/C17H18ClN3O3S/c1-9(2)25-8-13-19-20-17-15(18)10(6-7-21(13)17)16(24)14-11(22)4-3-5-12(14)23/h6-7,9,14H,3-5,8H2,1-2H3. The SMILES string of the molecule is CC(C)SCc1nnc2c(Cl)c(C(=O)C3C(=O)CCCC3=O)ccn12. The monoisotopic (exact) mass is 379 g/mol. The molecule has 0 radical (unpaired) electrons. The van der Waals surface area contributed by atoms with E-state index in [4.69, 9.17) is 11.6 Å². The average Bonchev–Trinajstić information content (AvgIpc) is 2.97. The summed E-state index contributed by atoms with van der Waals surface area (Å²) in [6.07, 6.45) is 2.69. The normalized spacial score (nSPS) is 16.2. The highest BCUT2D eigenvalue weighted by Gasteiger charge is 2.37. The third-order valence-electron chi connectivity index (χ3n) is 4.15. The quantitative estimate of drug-likeness (QED) is 0.586. The second kappa shape index (κ2) is 7.25. The molecule has 3 rings (SSSR count). The van der Waals surface area contributed by atoms with E-state index >= 15 is 0 Å². The fourth-order valence-corrected chi connectivity index (χ4v) is 3.82. The van der Waals surface area contributed by atoms with Crippen molar-refractivity contribution in [3.8, 4) is 0 Å². The van der Waals surface area contributed by atoms with Crippen LogP contribution < -0.4 is 0 Å². The highest BCUT2D eigenvalue weighted by molar-refractivity contribution is 7.99. The molecule has 6 nitrogen and oxygen atoms in total. The van der Waals surface area contributed by atoms with Gasteiger partial charge in [-0.25, -0.2) is 0 Å². The predicted molar refractivity (Wildman–Crippen MR) is 96.1 cm³/mol. The van der Waals surface area contributed by atoms with Crippen molar-refractivity contribution >= 4 is 46.4 Å². The number of pyridine rings is 1. The zero-order valence-electron chi connectivity index (χ0n) is 14.0. The molecule has 2 aromatic heterocycles. The van der Waals surface area contributed by atoms with E-state index in [1.807, 2.05) is 0 Å². The van der Waals surface area contributed by atoms with Crippen molar-refractivity contribution in [2.75, 3.05) is 0 Å². The molecule has 0 unspecified atom stereocenters. The first-order valence-corrected chi connectivity index (χ1v) is 9.56. The fraction of sp³-hybridized carbons (Fsp3) is 0.471. The van der Waals surface area contributed by atoms with Crippen molar-refractivity contribution < 1.29 is 14.4 Å². The lowest BCUT2D eigenvalue weighted by Crippen LogP contribution is -2.35. The summed E-state index contributed by atoms with van der Waals surface area (Å²) in [5.41, 5.74) is 0.515. The van der Waals surface area contributed by atoms with E-state index < -0.39 is 11.7 Å². The molecule has 2 aromatic rings. The van der Waals surface area contributed by atoms with Gasteiger partial charge < -0.3 is 0 Å². The highest BCUT2D eigenvalue weighted by Crippen LogP contribution is 2.28. The number of nitrogens with zero attached hydrogens (tertiary/aromatic N) is 3. The van der Waals surface area contributed by atoms with Crippen molar-refractivity contribution in [2.45, 2.75) is 44.1 Å². The van der Waals surface area contributed by atoms with E-state index in [1.54, 1.807) is 28.4 Å². The van der Waals surface area contributed by atoms with Gasteiger partial charge in [-0.3, -0.25) is 18.8 Å². The number of halogens is 1. The smallest absolute Gasteiger partial charge is 0.182 e. The zero-order valence-corrected chi connectivity index (χ0v) is 15.6. The number of rotatable bonds is 5. The molecule has 0 aliphatic heterocycles. The van der Waals surface area contributed by atoms with Crippen LogP contribution in [0.4, 0.5) is 0 Å². The predicted octanol–water partition coefficient (Wildman–Crippen LogP) is 3.15. The van der Waals surface area contributed by atoms with Crippen LogP contribution in [0.3, 0.4) is 0 Å². The van der Waals surface area contributed by atoms with Crippen LogP contribution in [0.1, 0.15) is 49.3 Å². The highest BCUT2D eigenvalue weighted by atomic mass is 35.5. The van der Waals surface area contributed by atoms with Gasteiger partial charge in [-0.2, -0.15) is 11.8 Å². The third kappa shape index (κ3) is 3.48. The van der Waals surface area contributed by atoms with Crippen LogP contribution in [0, 0.1) is 5.92 Å². The Labute approximate surface area is 154 Å². The van der Waals surface area contributed by atoms with Gasteiger partial charge in [0.2, 0.25) is 0 Å². The summed E-state index contributed by atoms with van der Waals surface area (Å²) in [5.74, 6) is -1.02. The molecular weight excluding hydrogens is 362 g/mol. The molecule has 0 N–H and O–H groups in total. The van der Waals surface area contributed by atoms with Crippen LogP contribution in [-0.2, 0) is 15.3 Å². The van der Waals surface area contributed by atoms with E-state index in [0.29, 0.717) is 23.1 Å². The Bertz CT molecular complexity index is 846. The third-order valence-corrected chi connectivity index (χ3v) is 5.62. The van der Waals surface area contributed by atoms with E-state index in [0.717, 1.165) is 5.82 Å². The summed E-state index contributed by atoms with van der Waals surface area (Å²) in [6.45, 7) is 4.19. The van der Waals surface area contributed by atoms with Crippen molar-refractivity contribution in [2.24, 2.45) is 5.92 Å². The van der Waals surface area contributed by atoms with E-state index in [2.05, 4.69) is 24.0 Å². The second-order valence-corrected chi connectivity index (χ2v) is 8.24. The van der Waals surface area contributed by atoms with Crippen molar-refractivity contribution in [1.29, 1.82) is 0 Å². The summed E-state index contributed by atoms with van der Waals surface area (Å²) in [5, 5.41) is 8.78. The maximum absolute atomic E-state index is 12.7.